The van der Waals surface area contributed by atoms with E-state index >= 15 is 0 Å². The zero-order valence-electron chi connectivity index (χ0n) is 7.33. The third-order valence-corrected chi connectivity index (χ3v) is 2.51. The molecule has 0 N–H and O–H groups in total. The molecule has 0 aromatic rings. The Hall–Kier alpha value is -0.440. The molecule has 0 amide bonds. The third kappa shape index (κ3) is 2.27. The van der Waals surface area contributed by atoms with Crippen LogP contribution in [0.25, 0.3) is 0 Å². The van der Waals surface area contributed by atoms with Crippen LogP contribution in [0.4, 0.5) is 4.39 Å². The molecule has 1 fully saturated rings. The second kappa shape index (κ2) is 4.55. The summed E-state index contributed by atoms with van der Waals surface area (Å²) in [6.45, 7) is 0.617. The molecule has 0 spiro atoms. The van der Waals surface area contributed by atoms with Crippen LogP contribution in [0.3, 0.4) is 0 Å². The van der Waals surface area contributed by atoms with Gasteiger partial charge in [0.05, 0.1) is 0 Å². The van der Waals surface area contributed by atoms with Crippen LogP contribution in [0.2, 0.25) is 0 Å². The van der Waals surface area contributed by atoms with E-state index in [1.165, 1.54) is 0 Å². The fourth-order valence-corrected chi connectivity index (χ4v) is 1.76. The van der Waals surface area contributed by atoms with Crippen LogP contribution in [-0.2, 0) is 9.53 Å². The quantitative estimate of drug-likeness (QED) is 0.607. The summed E-state index contributed by atoms with van der Waals surface area (Å²) in [4.78, 5) is 10.4. The number of hydrogen-bond donors (Lipinski definition) is 0. The average Bonchev–Trinajstić information content (AvgIpc) is 2.05. The maximum atomic E-state index is 13.1. The number of halogens is 1. The Labute approximate surface area is 72.1 Å². The summed E-state index contributed by atoms with van der Waals surface area (Å²) in [6, 6.07) is 0. The minimum atomic E-state index is -0.948. The third-order valence-electron chi connectivity index (χ3n) is 2.51. The molecule has 3 heteroatoms. The largest absolute Gasteiger partial charge is 0.384 e. The fourth-order valence-electron chi connectivity index (χ4n) is 1.76. The Morgan fingerprint density at radius 1 is 1.58 bits per heavy atom. The summed E-state index contributed by atoms with van der Waals surface area (Å²) >= 11 is 0. The van der Waals surface area contributed by atoms with E-state index in [2.05, 4.69) is 0 Å². The number of hydrogen-bond acceptors (Lipinski definition) is 2. The number of alkyl halides is 1. The van der Waals surface area contributed by atoms with Gasteiger partial charge in [-0.1, -0.05) is 0 Å². The molecule has 3 atom stereocenters. The number of methoxy groups -OCH3 is 1. The number of carbonyl (C=O) groups is 1. The van der Waals surface area contributed by atoms with Crippen LogP contribution < -0.4 is 0 Å². The van der Waals surface area contributed by atoms with Crippen molar-refractivity contribution in [2.24, 2.45) is 11.8 Å². The molecule has 0 aromatic heterocycles. The summed E-state index contributed by atoms with van der Waals surface area (Å²) in [5.41, 5.74) is 0. The Kier molecular flexibility index (Phi) is 3.66. The molecule has 0 aromatic carbocycles. The molecule has 3 unspecified atom stereocenters. The van der Waals surface area contributed by atoms with E-state index < -0.39 is 6.17 Å². The van der Waals surface area contributed by atoms with Gasteiger partial charge in [0.25, 0.3) is 0 Å². The second-order valence-electron chi connectivity index (χ2n) is 3.45. The minimum Gasteiger partial charge on any atom is -0.384 e. The van der Waals surface area contributed by atoms with Gasteiger partial charge in [-0.3, -0.25) is 0 Å². The molecule has 0 radical (unpaired) electrons. The van der Waals surface area contributed by atoms with Gasteiger partial charge in [0, 0.05) is 19.6 Å². The van der Waals surface area contributed by atoms with Gasteiger partial charge in [0.15, 0.2) is 0 Å². The zero-order chi connectivity index (χ0) is 8.97. The van der Waals surface area contributed by atoms with Gasteiger partial charge >= 0.3 is 0 Å². The van der Waals surface area contributed by atoms with Crippen molar-refractivity contribution in [1.29, 1.82) is 0 Å². The van der Waals surface area contributed by atoms with E-state index in [9.17, 15) is 9.18 Å². The second-order valence-corrected chi connectivity index (χ2v) is 3.45. The van der Waals surface area contributed by atoms with Crippen LogP contribution in [0.5, 0.6) is 0 Å². The first-order chi connectivity index (χ1) is 5.77. The van der Waals surface area contributed by atoms with Crippen molar-refractivity contribution in [1.82, 2.24) is 0 Å². The molecule has 1 aliphatic carbocycles. The maximum absolute atomic E-state index is 13.1. The predicted octanol–water partition coefficient (Wildman–Crippen LogP) is 1.59. The zero-order valence-corrected chi connectivity index (χ0v) is 7.33. The van der Waals surface area contributed by atoms with Crippen molar-refractivity contribution in [3.63, 3.8) is 0 Å². The van der Waals surface area contributed by atoms with Crippen LogP contribution >= 0.6 is 0 Å². The van der Waals surface area contributed by atoms with E-state index in [-0.39, 0.29) is 5.92 Å². The molecule has 1 rings (SSSR count). The van der Waals surface area contributed by atoms with E-state index in [1.807, 2.05) is 0 Å². The molecule has 0 saturated heterocycles. The Balaban J connectivity index is 2.35. The van der Waals surface area contributed by atoms with Gasteiger partial charge < -0.3 is 9.53 Å². The van der Waals surface area contributed by atoms with Gasteiger partial charge in [-0.15, -0.1) is 0 Å². The summed E-state index contributed by atoms with van der Waals surface area (Å²) in [5, 5.41) is 0. The number of ether oxygens (including phenoxy) is 1. The molecular formula is C9H15FO2. The molecule has 70 valence electrons. The molecule has 0 heterocycles. The van der Waals surface area contributed by atoms with Crippen LogP contribution in [0.15, 0.2) is 0 Å². The molecule has 12 heavy (non-hydrogen) atoms. The lowest BCUT2D eigenvalue weighted by Gasteiger charge is -2.27. The topological polar surface area (TPSA) is 26.3 Å². The first-order valence-corrected chi connectivity index (χ1v) is 4.36. The first kappa shape index (κ1) is 9.65. The van der Waals surface area contributed by atoms with Gasteiger partial charge in [-0.25, -0.2) is 4.39 Å². The molecule has 1 saturated carbocycles. The minimum absolute atomic E-state index is 0.307. The monoisotopic (exact) mass is 174 g/mol. The summed E-state index contributed by atoms with van der Waals surface area (Å²) in [5.74, 6) is -0.0562. The highest BCUT2D eigenvalue weighted by molar-refractivity contribution is 5.54. The van der Waals surface area contributed by atoms with Crippen LogP contribution in [0.1, 0.15) is 19.3 Å². The molecule has 0 bridgehead atoms. The summed E-state index contributed by atoms with van der Waals surface area (Å²) in [7, 11) is 1.62. The fraction of sp³-hybridized carbons (Fsp3) is 0.889. The number of carbonyl (C=O) groups excluding carboxylic acids is 1. The predicted molar refractivity (Wildman–Crippen MR) is 43.7 cm³/mol. The van der Waals surface area contributed by atoms with E-state index in [1.54, 1.807) is 7.11 Å². The molecular weight excluding hydrogens is 159 g/mol. The van der Waals surface area contributed by atoms with Gasteiger partial charge in [0.2, 0.25) is 0 Å². The normalized spacial score (nSPS) is 36.3. The highest BCUT2D eigenvalue weighted by atomic mass is 19.1. The molecule has 1 aliphatic rings. The van der Waals surface area contributed by atoms with Crippen molar-refractivity contribution in [2.75, 3.05) is 13.7 Å². The van der Waals surface area contributed by atoms with Crippen molar-refractivity contribution < 1.29 is 13.9 Å². The summed E-state index contributed by atoms with van der Waals surface area (Å²) in [6.07, 6.45) is 1.87. The van der Waals surface area contributed by atoms with E-state index in [4.69, 9.17) is 4.74 Å². The van der Waals surface area contributed by atoms with E-state index in [0.29, 0.717) is 25.4 Å². The number of aldehydes is 1. The Morgan fingerprint density at radius 3 is 2.83 bits per heavy atom. The first-order valence-electron chi connectivity index (χ1n) is 4.36. The highest BCUT2D eigenvalue weighted by Crippen LogP contribution is 2.30. The molecule has 2 nitrogen and oxygen atoms in total. The average molecular weight is 174 g/mol. The standard InChI is InChI=1S/C9H15FO2/c1-12-6-7-2-3-8(5-11)9(10)4-7/h5,7-9H,2-4,6H2,1H3. The van der Waals surface area contributed by atoms with Crippen molar-refractivity contribution in [3.05, 3.63) is 0 Å². The van der Waals surface area contributed by atoms with Crippen molar-refractivity contribution in [3.8, 4) is 0 Å². The highest BCUT2D eigenvalue weighted by Gasteiger charge is 2.29. The number of rotatable bonds is 3. The van der Waals surface area contributed by atoms with Crippen LogP contribution in [-0.4, -0.2) is 26.2 Å². The Bertz CT molecular complexity index is 149. The van der Waals surface area contributed by atoms with Gasteiger partial charge in [-0.05, 0) is 25.2 Å². The van der Waals surface area contributed by atoms with Crippen LogP contribution in [0, 0.1) is 11.8 Å². The maximum Gasteiger partial charge on any atom is 0.125 e. The lowest BCUT2D eigenvalue weighted by Crippen LogP contribution is -2.29. The smallest absolute Gasteiger partial charge is 0.125 e. The van der Waals surface area contributed by atoms with Gasteiger partial charge in [0.1, 0.15) is 12.5 Å². The molecule has 0 aliphatic heterocycles. The SMILES string of the molecule is COCC1CCC(C=O)C(F)C1. The summed E-state index contributed by atoms with van der Waals surface area (Å²) < 4.78 is 18.1. The van der Waals surface area contributed by atoms with Crippen molar-refractivity contribution >= 4 is 6.29 Å². The lowest BCUT2D eigenvalue weighted by molar-refractivity contribution is -0.114. The van der Waals surface area contributed by atoms with E-state index in [0.717, 1.165) is 12.7 Å². The lowest BCUT2D eigenvalue weighted by atomic mass is 9.82. The van der Waals surface area contributed by atoms with Crippen molar-refractivity contribution in [2.45, 2.75) is 25.4 Å². The van der Waals surface area contributed by atoms with Gasteiger partial charge in [-0.2, -0.15) is 0 Å². The Morgan fingerprint density at radius 2 is 2.33 bits per heavy atom.